The maximum Gasteiger partial charge on any atom is 0.310 e. The Labute approximate surface area is 123 Å². The second kappa shape index (κ2) is 6.23. The SMILES string of the molecule is COC(=O)C(C)CN(C)c1c(C#N)cnc2ccccc12. The van der Waals surface area contributed by atoms with Crippen LogP contribution < -0.4 is 4.90 Å². The second-order valence-corrected chi connectivity index (χ2v) is 4.95. The van der Waals surface area contributed by atoms with Crippen molar-refractivity contribution in [2.75, 3.05) is 25.6 Å². The van der Waals surface area contributed by atoms with E-state index < -0.39 is 0 Å². The van der Waals surface area contributed by atoms with Crippen LogP contribution in [0.5, 0.6) is 0 Å². The standard InChI is InChI=1S/C16H17N3O2/c1-11(16(20)21-3)10-19(2)15-12(8-17)9-18-14-7-5-4-6-13(14)15/h4-7,9,11H,10H2,1-3H3. The molecule has 1 aromatic heterocycles. The minimum absolute atomic E-state index is 0.265. The van der Waals surface area contributed by atoms with E-state index in [2.05, 4.69) is 11.1 Å². The molecule has 1 aromatic carbocycles. The highest BCUT2D eigenvalue weighted by Crippen LogP contribution is 2.28. The number of anilines is 1. The van der Waals surface area contributed by atoms with Crippen molar-refractivity contribution in [1.29, 1.82) is 5.26 Å². The van der Waals surface area contributed by atoms with Crippen molar-refractivity contribution in [3.63, 3.8) is 0 Å². The fourth-order valence-electron chi connectivity index (χ4n) is 2.40. The number of aromatic nitrogens is 1. The van der Waals surface area contributed by atoms with Gasteiger partial charge in [-0.05, 0) is 6.07 Å². The molecule has 0 radical (unpaired) electrons. The number of fused-ring (bicyclic) bond motifs is 1. The Hall–Kier alpha value is -2.61. The van der Waals surface area contributed by atoms with E-state index in [0.29, 0.717) is 12.1 Å². The van der Waals surface area contributed by atoms with Gasteiger partial charge >= 0.3 is 5.97 Å². The maximum atomic E-state index is 11.6. The number of rotatable bonds is 4. The second-order valence-electron chi connectivity index (χ2n) is 4.95. The van der Waals surface area contributed by atoms with E-state index in [1.165, 1.54) is 7.11 Å². The maximum absolute atomic E-state index is 11.6. The lowest BCUT2D eigenvalue weighted by Crippen LogP contribution is -2.30. The van der Waals surface area contributed by atoms with Crippen molar-refractivity contribution in [3.05, 3.63) is 36.0 Å². The lowest BCUT2D eigenvalue weighted by molar-refractivity contribution is -0.144. The van der Waals surface area contributed by atoms with Gasteiger partial charge < -0.3 is 9.64 Å². The van der Waals surface area contributed by atoms with E-state index in [1.54, 1.807) is 13.1 Å². The van der Waals surface area contributed by atoms with E-state index in [-0.39, 0.29) is 11.9 Å². The molecule has 2 aromatic rings. The predicted molar refractivity (Wildman–Crippen MR) is 80.9 cm³/mol. The van der Waals surface area contributed by atoms with Gasteiger partial charge in [0.2, 0.25) is 0 Å². The monoisotopic (exact) mass is 283 g/mol. The van der Waals surface area contributed by atoms with Gasteiger partial charge in [0.25, 0.3) is 0 Å². The summed E-state index contributed by atoms with van der Waals surface area (Å²) in [6.07, 6.45) is 1.57. The van der Waals surface area contributed by atoms with Crippen LogP contribution >= 0.6 is 0 Å². The van der Waals surface area contributed by atoms with Crippen LogP contribution in [0.4, 0.5) is 5.69 Å². The molecule has 0 amide bonds. The number of nitrogens with zero attached hydrogens (tertiary/aromatic N) is 3. The van der Waals surface area contributed by atoms with Crippen LogP contribution in [0.3, 0.4) is 0 Å². The molecular weight excluding hydrogens is 266 g/mol. The van der Waals surface area contributed by atoms with Crippen molar-refractivity contribution in [3.8, 4) is 6.07 Å². The number of methoxy groups -OCH3 is 1. The molecule has 0 aliphatic heterocycles. The summed E-state index contributed by atoms with van der Waals surface area (Å²) < 4.78 is 4.75. The Morgan fingerprint density at radius 2 is 2.19 bits per heavy atom. The van der Waals surface area contributed by atoms with Gasteiger partial charge in [-0.15, -0.1) is 0 Å². The predicted octanol–water partition coefficient (Wildman–Crippen LogP) is 2.35. The Balaban J connectivity index is 2.44. The third-order valence-corrected chi connectivity index (χ3v) is 3.40. The molecule has 0 aliphatic carbocycles. The van der Waals surface area contributed by atoms with Gasteiger partial charge in [-0.2, -0.15) is 5.26 Å². The topological polar surface area (TPSA) is 66.2 Å². The van der Waals surface area contributed by atoms with Crippen LogP contribution in [0, 0.1) is 17.2 Å². The summed E-state index contributed by atoms with van der Waals surface area (Å²) in [5.74, 6) is -0.544. The number of ether oxygens (including phenoxy) is 1. The first-order valence-corrected chi connectivity index (χ1v) is 6.65. The average Bonchev–Trinajstić information content (AvgIpc) is 2.52. The highest BCUT2D eigenvalue weighted by atomic mass is 16.5. The molecule has 0 spiro atoms. The van der Waals surface area contributed by atoms with E-state index in [0.717, 1.165) is 16.6 Å². The summed E-state index contributed by atoms with van der Waals surface area (Å²) >= 11 is 0. The fourth-order valence-corrected chi connectivity index (χ4v) is 2.40. The number of hydrogen-bond acceptors (Lipinski definition) is 5. The number of hydrogen-bond donors (Lipinski definition) is 0. The zero-order chi connectivity index (χ0) is 15.4. The Kier molecular flexibility index (Phi) is 4.39. The quantitative estimate of drug-likeness (QED) is 0.806. The van der Waals surface area contributed by atoms with E-state index >= 15 is 0 Å². The lowest BCUT2D eigenvalue weighted by Gasteiger charge is -2.24. The van der Waals surface area contributed by atoms with E-state index in [4.69, 9.17) is 4.74 Å². The van der Waals surface area contributed by atoms with Crippen molar-refractivity contribution in [1.82, 2.24) is 4.98 Å². The normalized spacial score (nSPS) is 11.7. The molecule has 0 fully saturated rings. The first-order chi connectivity index (χ1) is 10.1. The summed E-state index contributed by atoms with van der Waals surface area (Å²) in [7, 11) is 3.24. The number of benzene rings is 1. The van der Waals surface area contributed by atoms with Crippen LogP contribution in [0.15, 0.2) is 30.5 Å². The molecule has 108 valence electrons. The van der Waals surface area contributed by atoms with E-state index in [1.807, 2.05) is 36.2 Å². The summed E-state index contributed by atoms with van der Waals surface area (Å²) in [6.45, 7) is 2.27. The van der Waals surface area contributed by atoms with Crippen LogP contribution in [0.1, 0.15) is 12.5 Å². The number of carbonyl (C=O) groups is 1. The molecule has 0 saturated heterocycles. The zero-order valence-corrected chi connectivity index (χ0v) is 12.3. The highest BCUT2D eigenvalue weighted by Gasteiger charge is 2.19. The molecule has 1 atom stereocenters. The van der Waals surface area contributed by atoms with Crippen LogP contribution in [-0.2, 0) is 9.53 Å². The Morgan fingerprint density at radius 3 is 2.86 bits per heavy atom. The number of pyridine rings is 1. The minimum Gasteiger partial charge on any atom is -0.469 e. The van der Waals surface area contributed by atoms with Gasteiger partial charge in [0.05, 0.1) is 29.8 Å². The van der Waals surface area contributed by atoms with Gasteiger partial charge in [0, 0.05) is 25.2 Å². The number of nitriles is 1. The van der Waals surface area contributed by atoms with Crippen LogP contribution in [0.2, 0.25) is 0 Å². The van der Waals surface area contributed by atoms with Gasteiger partial charge in [0.15, 0.2) is 0 Å². The third kappa shape index (κ3) is 2.95. The average molecular weight is 283 g/mol. The first-order valence-electron chi connectivity index (χ1n) is 6.65. The van der Waals surface area contributed by atoms with Crippen LogP contribution in [0.25, 0.3) is 10.9 Å². The Bertz CT molecular complexity index is 706. The summed E-state index contributed by atoms with van der Waals surface area (Å²) in [5, 5.41) is 10.2. The number of para-hydroxylation sites is 1. The molecule has 5 nitrogen and oxygen atoms in total. The summed E-state index contributed by atoms with van der Waals surface area (Å²) in [6, 6.07) is 9.81. The smallest absolute Gasteiger partial charge is 0.310 e. The van der Waals surface area contributed by atoms with Crippen molar-refractivity contribution in [2.45, 2.75) is 6.92 Å². The molecule has 5 heteroatoms. The highest BCUT2D eigenvalue weighted by molar-refractivity contribution is 5.94. The van der Waals surface area contributed by atoms with Crippen molar-refractivity contribution < 1.29 is 9.53 Å². The van der Waals surface area contributed by atoms with Crippen LogP contribution in [-0.4, -0.2) is 31.7 Å². The molecule has 0 saturated carbocycles. The van der Waals surface area contributed by atoms with Crippen molar-refractivity contribution in [2.24, 2.45) is 5.92 Å². The number of esters is 1. The largest absolute Gasteiger partial charge is 0.469 e. The lowest BCUT2D eigenvalue weighted by atomic mass is 10.1. The summed E-state index contributed by atoms with van der Waals surface area (Å²) in [4.78, 5) is 17.8. The van der Waals surface area contributed by atoms with Crippen molar-refractivity contribution >= 4 is 22.6 Å². The molecule has 0 aliphatic rings. The molecule has 1 heterocycles. The molecule has 21 heavy (non-hydrogen) atoms. The fraction of sp³-hybridized carbons (Fsp3) is 0.312. The third-order valence-electron chi connectivity index (χ3n) is 3.40. The van der Waals surface area contributed by atoms with Gasteiger partial charge in [-0.1, -0.05) is 25.1 Å². The summed E-state index contributed by atoms with van der Waals surface area (Å²) in [5.41, 5.74) is 2.11. The van der Waals surface area contributed by atoms with E-state index in [9.17, 15) is 10.1 Å². The number of carbonyl (C=O) groups excluding carboxylic acids is 1. The minimum atomic E-state index is -0.279. The molecule has 2 rings (SSSR count). The van der Waals surface area contributed by atoms with Gasteiger partial charge in [-0.3, -0.25) is 9.78 Å². The molecule has 0 bridgehead atoms. The van der Waals surface area contributed by atoms with Gasteiger partial charge in [-0.25, -0.2) is 0 Å². The van der Waals surface area contributed by atoms with Gasteiger partial charge in [0.1, 0.15) is 6.07 Å². The Morgan fingerprint density at radius 1 is 1.48 bits per heavy atom. The molecule has 1 unspecified atom stereocenters. The zero-order valence-electron chi connectivity index (χ0n) is 12.3. The molecular formula is C16H17N3O2. The molecule has 0 N–H and O–H groups in total. The first kappa shape index (κ1) is 14.8.